The fraction of sp³-hybridized carbons (Fsp3) is 0.438. The van der Waals surface area contributed by atoms with Crippen molar-refractivity contribution in [2.24, 2.45) is 5.92 Å². The maximum absolute atomic E-state index is 13.0. The molecule has 1 fully saturated rings. The van der Waals surface area contributed by atoms with E-state index in [9.17, 15) is 4.39 Å². The number of hydrogen-bond donors (Lipinski definition) is 0. The van der Waals surface area contributed by atoms with Gasteiger partial charge in [-0.05, 0) is 49.9 Å². The van der Waals surface area contributed by atoms with Gasteiger partial charge in [0.05, 0.1) is 5.69 Å². The van der Waals surface area contributed by atoms with Crippen LogP contribution in [0.15, 0.2) is 24.3 Å². The van der Waals surface area contributed by atoms with Crippen LogP contribution in [0.1, 0.15) is 24.6 Å². The highest BCUT2D eigenvalue weighted by molar-refractivity contribution is 7.16. The van der Waals surface area contributed by atoms with Crippen LogP contribution >= 0.6 is 11.3 Å². The molecule has 1 saturated heterocycles. The lowest BCUT2D eigenvalue weighted by molar-refractivity contribution is 0.446. The predicted molar refractivity (Wildman–Crippen MR) is 82.9 cm³/mol. The van der Waals surface area contributed by atoms with Gasteiger partial charge in [-0.1, -0.05) is 6.92 Å². The lowest BCUT2D eigenvalue weighted by Gasteiger charge is -2.30. The molecule has 0 saturated carbocycles. The Morgan fingerprint density at radius 1 is 1.30 bits per heavy atom. The summed E-state index contributed by atoms with van der Waals surface area (Å²) < 4.78 is 13.0. The number of rotatable bonds is 2. The Labute approximate surface area is 123 Å². The maximum atomic E-state index is 13.0. The van der Waals surface area contributed by atoms with E-state index in [0.29, 0.717) is 0 Å². The summed E-state index contributed by atoms with van der Waals surface area (Å²) in [5.74, 6) is 0.536. The molecular weight excluding hydrogens is 271 g/mol. The fourth-order valence-electron chi connectivity index (χ4n) is 2.76. The summed E-state index contributed by atoms with van der Waals surface area (Å²) in [7, 11) is 0. The normalized spacial score (nSPS) is 19.4. The largest absolute Gasteiger partial charge is 0.348 e. The standard InChI is InChI=1S/C16H19FN2S/c1-11-4-3-9-19(10-11)16-18-15(12(2)20-16)13-5-7-14(17)8-6-13/h5-8,11H,3-4,9-10H2,1-2H3. The first kappa shape index (κ1) is 13.6. The van der Waals surface area contributed by atoms with Crippen LogP contribution in [-0.2, 0) is 0 Å². The average Bonchev–Trinajstić information content (AvgIpc) is 2.82. The van der Waals surface area contributed by atoms with Crippen LogP contribution in [0.3, 0.4) is 0 Å². The first-order chi connectivity index (χ1) is 9.63. The molecule has 1 aliphatic heterocycles. The molecule has 1 unspecified atom stereocenters. The summed E-state index contributed by atoms with van der Waals surface area (Å²) in [4.78, 5) is 8.38. The molecule has 0 N–H and O–H groups in total. The SMILES string of the molecule is Cc1sc(N2CCCC(C)C2)nc1-c1ccc(F)cc1. The second-order valence-corrected chi connectivity index (χ2v) is 6.78. The Kier molecular flexibility index (Phi) is 3.74. The third-order valence-corrected chi connectivity index (χ3v) is 4.86. The van der Waals surface area contributed by atoms with Crippen molar-refractivity contribution >= 4 is 16.5 Å². The smallest absolute Gasteiger partial charge is 0.186 e. The number of piperidine rings is 1. The minimum Gasteiger partial charge on any atom is -0.348 e. The third kappa shape index (κ3) is 2.70. The van der Waals surface area contributed by atoms with E-state index in [1.807, 2.05) is 0 Å². The van der Waals surface area contributed by atoms with Crippen molar-refractivity contribution in [2.75, 3.05) is 18.0 Å². The number of halogens is 1. The quantitative estimate of drug-likeness (QED) is 0.810. The number of thiazole rings is 1. The van der Waals surface area contributed by atoms with Crippen LogP contribution in [0.5, 0.6) is 0 Å². The summed E-state index contributed by atoms with van der Waals surface area (Å²) in [6.45, 7) is 6.58. The average molecular weight is 290 g/mol. The second-order valence-electron chi connectivity index (χ2n) is 5.60. The number of aromatic nitrogens is 1. The molecule has 0 spiro atoms. The van der Waals surface area contributed by atoms with Crippen molar-refractivity contribution in [3.8, 4) is 11.3 Å². The Balaban J connectivity index is 1.88. The summed E-state index contributed by atoms with van der Waals surface area (Å²) >= 11 is 1.74. The monoisotopic (exact) mass is 290 g/mol. The van der Waals surface area contributed by atoms with Crippen molar-refractivity contribution in [1.82, 2.24) is 4.98 Å². The molecule has 2 aromatic rings. The van der Waals surface area contributed by atoms with Gasteiger partial charge in [-0.15, -0.1) is 11.3 Å². The topological polar surface area (TPSA) is 16.1 Å². The maximum Gasteiger partial charge on any atom is 0.186 e. The van der Waals surface area contributed by atoms with E-state index in [1.165, 1.54) is 29.9 Å². The molecule has 2 nitrogen and oxygen atoms in total. The van der Waals surface area contributed by atoms with Gasteiger partial charge in [-0.3, -0.25) is 0 Å². The van der Waals surface area contributed by atoms with Crippen LogP contribution in [0.25, 0.3) is 11.3 Å². The zero-order chi connectivity index (χ0) is 14.1. The molecule has 0 radical (unpaired) electrons. The molecule has 106 valence electrons. The minimum atomic E-state index is -0.202. The van der Waals surface area contributed by atoms with E-state index >= 15 is 0 Å². The van der Waals surface area contributed by atoms with Crippen LogP contribution in [0, 0.1) is 18.7 Å². The van der Waals surface area contributed by atoms with E-state index in [4.69, 9.17) is 4.98 Å². The summed E-state index contributed by atoms with van der Waals surface area (Å²) in [5, 5.41) is 1.10. The summed E-state index contributed by atoms with van der Waals surface area (Å²) in [5.41, 5.74) is 1.99. The van der Waals surface area contributed by atoms with Crippen molar-refractivity contribution in [2.45, 2.75) is 26.7 Å². The summed E-state index contributed by atoms with van der Waals surface area (Å²) in [6, 6.07) is 6.60. The van der Waals surface area contributed by atoms with Gasteiger partial charge in [-0.25, -0.2) is 9.37 Å². The molecule has 1 atom stereocenters. The number of nitrogens with zero attached hydrogens (tertiary/aromatic N) is 2. The predicted octanol–water partition coefficient (Wildman–Crippen LogP) is 4.49. The van der Waals surface area contributed by atoms with Gasteiger partial charge in [0, 0.05) is 23.5 Å². The molecule has 3 rings (SSSR count). The van der Waals surface area contributed by atoms with Crippen molar-refractivity contribution < 1.29 is 4.39 Å². The number of hydrogen-bond acceptors (Lipinski definition) is 3. The molecule has 0 amide bonds. The van der Waals surface area contributed by atoms with Crippen LogP contribution in [-0.4, -0.2) is 18.1 Å². The van der Waals surface area contributed by atoms with Gasteiger partial charge >= 0.3 is 0 Å². The molecule has 1 aliphatic rings. The Morgan fingerprint density at radius 2 is 2.05 bits per heavy atom. The molecule has 4 heteroatoms. The van der Waals surface area contributed by atoms with Gasteiger partial charge in [0.25, 0.3) is 0 Å². The first-order valence-electron chi connectivity index (χ1n) is 7.12. The third-order valence-electron chi connectivity index (χ3n) is 3.83. The molecule has 0 aliphatic carbocycles. The lowest BCUT2D eigenvalue weighted by atomic mass is 10.0. The second kappa shape index (κ2) is 5.52. The Bertz CT molecular complexity index is 591. The molecule has 1 aromatic carbocycles. The van der Waals surface area contributed by atoms with E-state index < -0.39 is 0 Å². The van der Waals surface area contributed by atoms with Gasteiger partial charge in [0.2, 0.25) is 0 Å². The first-order valence-corrected chi connectivity index (χ1v) is 7.93. The van der Waals surface area contributed by atoms with Crippen molar-refractivity contribution in [3.05, 3.63) is 35.0 Å². The molecule has 0 bridgehead atoms. The van der Waals surface area contributed by atoms with E-state index in [2.05, 4.69) is 18.7 Å². The zero-order valence-corrected chi connectivity index (χ0v) is 12.7. The van der Waals surface area contributed by atoms with Crippen LogP contribution in [0.2, 0.25) is 0 Å². The summed E-state index contributed by atoms with van der Waals surface area (Å²) in [6.07, 6.45) is 2.55. The highest BCUT2D eigenvalue weighted by atomic mass is 32.1. The Morgan fingerprint density at radius 3 is 2.75 bits per heavy atom. The van der Waals surface area contributed by atoms with Crippen molar-refractivity contribution in [3.63, 3.8) is 0 Å². The van der Waals surface area contributed by atoms with Gasteiger partial charge in [-0.2, -0.15) is 0 Å². The fourth-order valence-corrected chi connectivity index (χ4v) is 3.72. The lowest BCUT2D eigenvalue weighted by Crippen LogP contribution is -2.34. The van der Waals surface area contributed by atoms with E-state index in [1.54, 1.807) is 23.5 Å². The molecule has 20 heavy (non-hydrogen) atoms. The van der Waals surface area contributed by atoms with Gasteiger partial charge in [0.1, 0.15) is 5.82 Å². The number of aryl methyl sites for hydroxylation is 1. The van der Waals surface area contributed by atoms with E-state index in [-0.39, 0.29) is 5.82 Å². The highest BCUT2D eigenvalue weighted by Crippen LogP contribution is 2.34. The zero-order valence-electron chi connectivity index (χ0n) is 11.9. The molecule has 2 heterocycles. The van der Waals surface area contributed by atoms with Crippen molar-refractivity contribution in [1.29, 1.82) is 0 Å². The van der Waals surface area contributed by atoms with Gasteiger partial charge in [0.15, 0.2) is 5.13 Å². The number of benzene rings is 1. The number of anilines is 1. The molecule has 1 aromatic heterocycles. The van der Waals surface area contributed by atoms with Gasteiger partial charge < -0.3 is 4.90 Å². The highest BCUT2D eigenvalue weighted by Gasteiger charge is 2.20. The van der Waals surface area contributed by atoms with Crippen LogP contribution in [0.4, 0.5) is 9.52 Å². The Hall–Kier alpha value is -1.42. The van der Waals surface area contributed by atoms with E-state index in [0.717, 1.165) is 35.4 Å². The van der Waals surface area contributed by atoms with Crippen LogP contribution < -0.4 is 4.90 Å². The minimum absolute atomic E-state index is 0.202. The molecular formula is C16H19FN2S.